The van der Waals surface area contributed by atoms with E-state index in [1.807, 2.05) is 20.8 Å². The number of hydrogen-bond acceptors (Lipinski definition) is 3. The third-order valence-corrected chi connectivity index (χ3v) is 2.25. The van der Waals surface area contributed by atoms with Crippen LogP contribution < -0.4 is 0 Å². The molecular formula is C11H22O3. The second kappa shape index (κ2) is 6.68. The largest absolute Gasteiger partial charge is 0.508 e. The zero-order valence-corrected chi connectivity index (χ0v) is 9.76. The molecule has 14 heavy (non-hydrogen) atoms. The van der Waals surface area contributed by atoms with Crippen molar-refractivity contribution in [2.24, 2.45) is 0 Å². The molecular weight excluding hydrogens is 180 g/mol. The molecule has 0 heterocycles. The van der Waals surface area contributed by atoms with Crippen LogP contribution in [0.3, 0.4) is 0 Å². The van der Waals surface area contributed by atoms with Gasteiger partial charge in [0.2, 0.25) is 0 Å². The minimum absolute atomic E-state index is 0.258. The lowest BCUT2D eigenvalue weighted by Crippen LogP contribution is -2.28. The van der Waals surface area contributed by atoms with Crippen LogP contribution in [0, 0.1) is 0 Å². The molecule has 3 nitrogen and oxygen atoms in total. The van der Waals surface area contributed by atoms with E-state index in [4.69, 9.17) is 9.47 Å². The number of rotatable bonds is 2. The maximum atomic E-state index is 11.0. The van der Waals surface area contributed by atoms with Gasteiger partial charge in [0.25, 0.3) is 0 Å². The standard InChI is InChI=1S/C9H16O3.C2H6/c1-3-11-8(10)12-9(2)6-4-5-7-9;1-2/h3-7H2,1-2H3;1-2H3. The van der Waals surface area contributed by atoms with Crippen LogP contribution in [0.2, 0.25) is 0 Å². The summed E-state index contributed by atoms with van der Waals surface area (Å²) in [6.07, 6.45) is 3.70. The van der Waals surface area contributed by atoms with E-state index in [2.05, 4.69) is 0 Å². The van der Waals surface area contributed by atoms with E-state index in [1.165, 1.54) is 0 Å². The fourth-order valence-electron chi connectivity index (χ4n) is 1.57. The first-order valence-electron chi connectivity index (χ1n) is 5.52. The van der Waals surface area contributed by atoms with E-state index in [1.54, 1.807) is 6.92 Å². The Hall–Kier alpha value is -0.730. The molecule has 84 valence electrons. The lowest BCUT2D eigenvalue weighted by Gasteiger charge is -2.22. The average Bonchev–Trinajstić information content (AvgIpc) is 2.55. The lowest BCUT2D eigenvalue weighted by molar-refractivity contribution is -0.0202. The molecule has 1 fully saturated rings. The van der Waals surface area contributed by atoms with Gasteiger partial charge in [-0.15, -0.1) is 0 Å². The first-order chi connectivity index (χ1) is 6.66. The Bertz CT molecular complexity index is 160. The van der Waals surface area contributed by atoms with E-state index in [9.17, 15) is 4.79 Å². The van der Waals surface area contributed by atoms with Crippen molar-refractivity contribution in [3.05, 3.63) is 0 Å². The van der Waals surface area contributed by atoms with Gasteiger partial charge in [-0.05, 0) is 39.5 Å². The van der Waals surface area contributed by atoms with Gasteiger partial charge in [0.1, 0.15) is 5.60 Å². The monoisotopic (exact) mass is 202 g/mol. The van der Waals surface area contributed by atoms with Crippen LogP contribution in [-0.4, -0.2) is 18.4 Å². The summed E-state index contributed by atoms with van der Waals surface area (Å²) < 4.78 is 9.89. The van der Waals surface area contributed by atoms with Crippen molar-refractivity contribution in [1.29, 1.82) is 0 Å². The molecule has 0 amide bonds. The molecule has 0 saturated heterocycles. The zero-order valence-electron chi connectivity index (χ0n) is 9.76. The van der Waals surface area contributed by atoms with Crippen molar-refractivity contribution in [1.82, 2.24) is 0 Å². The molecule has 0 unspecified atom stereocenters. The molecule has 3 heteroatoms. The number of hydrogen-bond donors (Lipinski definition) is 0. The third kappa shape index (κ3) is 4.49. The van der Waals surface area contributed by atoms with Gasteiger partial charge in [-0.25, -0.2) is 4.79 Å². The van der Waals surface area contributed by atoms with Crippen LogP contribution >= 0.6 is 0 Å². The predicted octanol–water partition coefficient (Wildman–Crippen LogP) is 3.52. The highest BCUT2D eigenvalue weighted by molar-refractivity contribution is 5.60. The number of carbonyl (C=O) groups is 1. The fourth-order valence-corrected chi connectivity index (χ4v) is 1.57. The molecule has 1 rings (SSSR count). The molecule has 1 saturated carbocycles. The van der Waals surface area contributed by atoms with Gasteiger partial charge in [-0.2, -0.15) is 0 Å². The van der Waals surface area contributed by atoms with Crippen molar-refractivity contribution < 1.29 is 14.3 Å². The number of carbonyl (C=O) groups excluding carboxylic acids is 1. The molecule has 0 aromatic heterocycles. The minimum Gasteiger partial charge on any atom is -0.435 e. The molecule has 0 spiro atoms. The minimum atomic E-state index is -0.526. The Morgan fingerprint density at radius 3 is 2.21 bits per heavy atom. The quantitative estimate of drug-likeness (QED) is 0.643. The van der Waals surface area contributed by atoms with Gasteiger partial charge >= 0.3 is 6.16 Å². The molecule has 0 atom stereocenters. The van der Waals surface area contributed by atoms with E-state index in [-0.39, 0.29) is 5.60 Å². The molecule has 0 aliphatic heterocycles. The van der Waals surface area contributed by atoms with Gasteiger partial charge in [-0.3, -0.25) is 0 Å². The van der Waals surface area contributed by atoms with E-state index >= 15 is 0 Å². The summed E-state index contributed by atoms with van der Waals surface area (Å²) in [6, 6.07) is 0. The second-order valence-electron chi connectivity index (χ2n) is 3.44. The highest BCUT2D eigenvalue weighted by Gasteiger charge is 2.32. The van der Waals surface area contributed by atoms with Crippen molar-refractivity contribution in [2.75, 3.05) is 6.61 Å². The van der Waals surface area contributed by atoms with Crippen LogP contribution in [0.25, 0.3) is 0 Å². The van der Waals surface area contributed by atoms with Gasteiger partial charge in [0.15, 0.2) is 0 Å². The average molecular weight is 202 g/mol. The first kappa shape index (κ1) is 13.3. The lowest BCUT2D eigenvalue weighted by atomic mass is 10.1. The van der Waals surface area contributed by atoms with Crippen molar-refractivity contribution >= 4 is 6.16 Å². The molecule has 1 aliphatic carbocycles. The third-order valence-electron chi connectivity index (χ3n) is 2.25. The van der Waals surface area contributed by atoms with Crippen LogP contribution in [0.1, 0.15) is 53.4 Å². The van der Waals surface area contributed by atoms with Crippen molar-refractivity contribution in [3.8, 4) is 0 Å². The second-order valence-corrected chi connectivity index (χ2v) is 3.44. The highest BCUT2D eigenvalue weighted by atomic mass is 16.7. The van der Waals surface area contributed by atoms with Crippen LogP contribution in [-0.2, 0) is 9.47 Å². The molecule has 0 N–H and O–H groups in total. The van der Waals surface area contributed by atoms with Gasteiger partial charge < -0.3 is 9.47 Å². The topological polar surface area (TPSA) is 35.5 Å². The van der Waals surface area contributed by atoms with E-state index < -0.39 is 6.16 Å². The van der Waals surface area contributed by atoms with E-state index in [0.29, 0.717) is 6.61 Å². The first-order valence-corrected chi connectivity index (χ1v) is 5.52. The summed E-state index contributed by atoms with van der Waals surface area (Å²) in [5, 5.41) is 0. The van der Waals surface area contributed by atoms with Gasteiger partial charge in [0.05, 0.1) is 6.61 Å². The van der Waals surface area contributed by atoms with Crippen molar-refractivity contribution in [3.63, 3.8) is 0 Å². The van der Waals surface area contributed by atoms with Gasteiger partial charge in [0, 0.05) is 0 Å². The van der Waals surface area contributed by atoms with Gasteiger partial charge in [-0.1, -0.05) is 13.8 Å². The van der Waals surface area contributed by atoms with Crippen LogP contribution in [0.5, 0.6) is 0 Å². The Morgan fingerprint density at radius 2 is 1.79 bits per heavy atom. The Morgan fingerprint density at radius 1 is 1.29 bits per heavy atom. The summed E-state index contributed by atoms with van der Waals surface area (Å²) in [5.74, 6) is 0. The molecule has 0 radical (unpaired) electrons. The Balaban J connectivity index is 0.000000791. The SMILES string of the molecule is CC.CCOC(=O)OC1(C)CCCC1. The summed E-state index contributed by atoms with van der Waals surface area (Å²) in [4.78, 5) is 11.0. The highest BCUT2D eigenvalue weighted by Crippen LogP contribution is 2.32. The normalized spacial score (nSPS) is 18.0. The molecule has 0 bridgehead atoms. The van der Waals surface area contributed by atoms with E-state index in [0.717, 1.165) is 25.7 Å². The molecule has 0 aromatic rings. The van der Waals surface area contributed by atoms with Crippen molar-refractivity contribution in [2.45, 2.75) is 59.0 Å². The maximum Gasteiger partial charge on any atom is 0.508 e. The number of ether oxygens (including phenoxy) is 2. The predicted molar refractivity (Wildman–Crippen MR) is 56.3 cm³/mol. The maximum absolute atomic E-state index is 11.0. The van der Waals surface area contributed by atoms with Crippen LogP contribution in [0.4, 0.5) is 4.79 Å². The summed E-state index contributed by atoms with van der Waals surface area (Å²) in [5.41, 5.74) is -0.258. The molecule has 1 aliphatic rings. The fraction of sp³-hybridized carbons (Fsp3) is 0.909. The summed E-state index contributed by atoms with van der Waals surface area (Å²) in [6.45, 7) is 8.13. The smallest absolute Gasteiger partial charge is 0.435 e. The summed E-state index contributed by atoms with van der Waals surface area (Å²) in [7, 11) is 0. The Kier molecular flexibility index (Phi) is 6.34. The summed E-state index contributed by atoms with van der Waals surface area (Å²) >= 11 is 0. The molecule has 0 aromatic carbocycles. The van der Waals surface area contributed by atoms with Crippen LogP contribution in [0.15, 0.2) is 0 Å². The zero-order chi connectivity index (χ0) is 11.0. The Labute approximate surface area is 86.8 Å².